The van der Waals surface area contributed by atoms with E-state index < -0.39 is 5.97 Å². The highest BCUT2D eigenvalue weighted by Gasteiger charge is 2.17. The van der Waals surface area contributed by atoms with Crippen molar-refractivity contribution in [3.05, 3.63) is 38.7 Å². The molecule has 3 aromatic heterocycles. The Morgan fingerprint density at radius 3 is 2.96 bits per heavy atom. The Labute approximate surface area is 156 Å². The number of aryl methyl sites for hydroxylation is 2. The summed E-state index contributed by atoms with van der Waals surface area (Å²) in [5.74, 6) is -0.754. The van der Waals surface area contributed by atoms with Gasteiger partial charge in [0, 0.05) is 13.0 Å². The van der Waals surface area contributed by atoms with E-state index in [4.69, 9.17) is 4.74 Å². The molecule has 3 heterocycles. The number of amides is 1. The lowest BCUT2D eigenvalue weighted by molar-refractivity contribution is -0.116. The number of nitrogens with one attached hydrogen (secondary N) is 1. The molecule has 0 unspecified atom stereocenters. The van der Waals surface area contributed by atoms with Crippen LogP contribution in [0.4, 0.5) is 5.13 Å². The summed E-state index contributed by atoms with van der Waals surface area (Å²) in [6, 6.07) is 1.72. The first-order chi connectivity index (χ1) is 12.5. The van der Waals surface area contributed by atoms with Gasteiger partial charge in [0.1, 0.15) is 9.71 Å². The predicted octanol–water partition coefficient (Wildman–Crippen LogP) is 2.43. The van der Waals surface area contributed by atoms with Crippen LogP contribution in [0.2, 0.25) is 0 Å². The average Bonchev–Trinajstić information content (AvgIpc) is 3.21. The van der Waals surface area contributed by atoms with Crippen LogP contribution in [0, 0.1) is 6.92 Å². The van der Waals surface area contributed by atoms with Crippen LogP contribution < -0.4 is 10.9 Å². The number of carbonyl (C=O) groups excluding carboxylic acids is 2. The Morgan fingerprint density at radius 2 is 2.19 bits per heavy atom. The van der Waals surface area contributed by atoms with E-state index in [9.17, 15) is 14.4 Å². The largest absolute Gasteiger partial charge is 0.462 e. The van der Waals surface area contributed by atoms with Crippen molar-refractivity contribution in [3.8, 4) is 0 Å². The smallest absolute Gasteiger partial charge is 0.350 e. The minimum absolute atomic E-state index is 0.0879. The summed E-state index contributed by atoms with van der Waals surface area (Å²) in [6.45, 7) is 3.88. The van der Waals surface area contributed by atoms with Gasteiger partial charge in [0.2, 0.25) is 5.91 Å². The molecule has 0 aliphatic carbocycles. The van der Waals surface area contributed by atoms with E-state index in [-0.39, 0.29) is 31.0 Å². The van der Waals surface area contributed by atoms with E-state index in [2.05, 4.69) is 15.3 Å². The summed E-state index contributed by atoms with van der Waals surface area (Å²) in [5.41, 5.74) is 0.339. The van der Waals surface area contributed by atoms with Gasteiger partial charge in [-0.05, 0) is 25.3 Å². The molecular formula is C16H16N4O4S2. The number of thiazole rings is 1. The monoisotopic (exact) mass is 392 g/mol. The molecule has 0 saturated carbocycles. The summed E-state index contributed by atoms with van der Waals surface area (Å²) in [7, 11) is 0. The lowest BCUT2D eigenvalue weighted by atomic mass is 10.3. The van der Waals surface area contributed by atoms with Crippen molar-refractivity contribution in [2.75, 3.05) is 11.9 Å². The van der Waals surface area contributed by atoms with Crippen molar-refractivity contribution in [3.63, 3.8) is 0 Å². The molecule has 3 rings (SSSR count). The number of nitrogens with zero attached hydrogens (tertiary/aromatic N) is 3. The zero-order valence-corrected chi connectivity index (χ0v) is 15.8. The molecule has 1 amide bonds. The molecule has 0 radical (unpaired) electrons. The van der Waals surface area contributed by atoms with E-state index in [1.165, 1.54) is 22.2 Å². The number of thiophene rings is 1. The number of anilines is 1. The summed E-state index contributed by atoms with van der Waals surface area (Å²) in [6.07, 6.45) is 1.53. The Morgan fingerprint density at radius 1 is 1.38 bits per heavy atom. The van der Waals surface area contributed by atoms with Crippen molar-refractivity contribution in [1.29, 1.82) is 0 Å². The second kappa shape index (κ2) is 7.75. The number of ether oxygens (including phenoxy) is 1. The number of rotatable bonds is 6. The maximum Gasteiger partial charge on any atom is 0.350 e. The van der Waals surface area contributed by atoms with Gasteiger partial charge in [0.05, 0.1) is 24.0 Å². The fraction of sp³-hybridized carbons (Fsp3) is 0.312. The van der Waals surface area contributed by atoms with Gasteiger partial charge in [-0.2, -0.15) is 0 Å². The van der Waals surface area contributed by atoms with Crippen molar-refractivity contribution in [2.24, 2.45) is 0 Å². The number of carbonyl (C=O) groups is 2. The Kier molecular flexibility index (Phi) is 5.43. The predicted molar refractivity (Wildman–Crippen MR) is 99.9 cm³/mol. The average molecular weight is 392 g/mol. The Hall–Kier alpha value is -2.59. The highest BCUT2D eigenvalue weighted by molar-refractivity contribution is 7.17. The van der Waals surface area contributed by atoms with Gasteiger partial charge in [-0.3, -0.25) is 14.2 Å². The molecule has 0 atom stereocenters. The standard InChI is InChI=1S/C16H16N4O4S2/c1-3-24-15(23)12-9(2)18-16(26-12)19-11(21)4-6-20-8-17-13-10(14(20)22)5-7-25-13/h5,7-8H,3-4,6H2,1-2H3,(H,18,19,21). The molecule has 0 spiro atoms. The number of esters is 1. The number of hydrogen-bond acceptors (Lipinski definition) is 8. The van der Waals surface area contributed by atoms with Crippen LogP contribution >= 0.6 is 22.7 Å². The van der Waals surface area contributed by atoms with E-state index >= 15 is 0 Å². The van der Waals surface area contributed by atoms with Gasteiger partial charge in [-0.1, -0.05) is 11.3 Å². The molecule has 136 valence electrons. The van der Waals surface area contributed by atoms with Crippen LogP contribution in [0.15, 0.2) is 22.6 Å². The number of hydrogen-bond donors (Lipinski definition) is 1. The van der Waals surface area contributed by atoms with Crippen LogP contribution in [-0.2, 0) is 16.1 Å². The summed E-state index contributed by atoms with van der Waals surface area (Å²) < 4.78 is 6.36. The van der Waals surface area contributed by atoms with Crippen LogP contribution in [0.25, 0.3) is 10.2 Å². The molecule has 1 N–H and O–H groups in total. The highest BCUT2D eigenvalue weighted by atomic mass is 32.1. The molecule has 0 saturated heterocycles. The maximum atomic E-state index is 12.3. The molecule has 0 bridgehead atoms. The molecule has 0 aromatic carbocycles. The molecule has 10 heteroatoms. The number of aromatic nitrogens is 3. The second-order valence-corrected chi connectivity index (χ2v) is 7.23. The van der Waals surface area contributed by atoms with Gasteiger partial charge in [-0.25, -0.2) is 14.8 Å². The van der Waals surface area contributed by atoms with Crippen molar-refractivity contribution in [2.45, 2.75) is 26.8 Å². The van der Waals surface area contributed by atoms with Crippen molar-refractivity contribution < 1.29 is 14.3 Å². The minimum atomic E-state index is -0.454. The van der Waals surface area contributed by atoms with E-state index in [1.54, 1.807) is 19.9 Å². The first kappa shape index (κ1) is 18.2. The lowest BCUT2D eigenvalue weighted by Crippen LogP contribution is -2.23. The van der Waals surface area contributed by atoms with Gasteiger partial charge >= 0.3 is 5.97 Å². The van der Waals surface area contributed by atoms with Gasteiger partial charge in [0.15, 0.2) is 5.13 Å². The van der Waals surface area contributed by atoms with E-state index in [0.717, 1.165) is 11.3 Å². The molecule has 26 heavy (non-hydrogen) atoms. The Balaban J connectivity index is 1.64. The zero-order chi connectivity index (χ0) is 18.7. The summed E-state index contributed by atoms with van der Waals surface area (Å²) >= 11 is 2.46. The van der Waals surface area contributed by atoms with Crippen molar-refractivity contribution in [1.82, 2.24) is 14.5 Å². The third kappa shape index (κ3) is 3.81. The quantitative estimate of drug-likeness (QED) is 0.646. The fourth-order valence-corrected chi connectivity index (χ4v) is 3.89. The van der Waals surface area contributed by atoms with Crippen LogP contribution in [-0.4, -0.2) is 33.0 Å². The molecule has 0 aliphatic rings. The lowest BCUT2D eigenvalue weighted by Gasteiger charge is -2.05. The maximum absolute atomic E-state index is 12.3. The normalized spacial score (nSPS) is 10.8. The molecule has 8 nitrogen and oxygen atoms in total. The van der Waals surface area contributed by atoms with Gasteiger partial charge in [0.25, 0.3) is 5.56 Å². The molecule has 3 aromatic rings. The first-order valence-electron chi connectivity index (χ1n) is 7.86. The molecule has 0 fully saturated rings. The highest BCUT2D eigenvalue weighted by Crippen LogP contribution is 2.23. The van der Waals surface area contributed by atoms with Crippen LogP contribution in [0.1, 0.15) is 28.7 Å². The van der Waals surface area contributed by atoms with Gasteiger partial charge < -0.3 is 10.1 Å². The van der Waals surface area contributed by atoms with E-state index in [0.29, 0.717) is 25.9 Å². The minimum Gasteiger partial charge on any atom is -0.462 e. The zero-order valence-electron chi connectivity index (χ0n) is 14.1. The van der Waals surface area contributed by atoms with Crippen LogP contribution in [0.3, 0.4) is 0 Å². The second-order valence-electron chi connectivity index (χ2n) is 5.33. The third-order valence-corrected chi connectivity index (χ3v) is 5.41. The fourth-order valence-electron chi connectivity index (χ4n) is 2.29. The van der Waals surface area contributed by atoms with Gasteiger partial charge in [-0.15, -0.1) is 11.3 Å². The van der Waals surface area contributed by atoms with Crippen molar-refractivity contribution >= 4 is 49.9 Å². The topological polar surface area (TPSA) is 103 Å². The summed E-state index contributed by atoms with van der Waals surface area (Å²) in [5, 5.41) is 5.33. The summed E-state index contributed by atoms with van der Waals surface area (Å²) in [4.78, 5) is 45.6. The first-order valence-corrected chi connectivity index (χ1v) is 9.56. The third-order valence-electron chi connectivity index (χ3n) is 3.53. The molecular weight excluding hydrogens is 376 g/mol. The number of fused-ring (bicyclic) bond motifs is 1. The molecule has 0 aliphatic heterocycles. The van der Waals surface area contributed by atoms with Crippen LogP contribution in [0.5, 0.6) is 0 Å². The Bertz CT molecular complexity index is 1020. The SMILES string of the molecule is CCOC(=O)c1sc(NC(=O)CCn2cnc3sccc3c2=O)nc1C. The van der Waals surface area contributed by atoms with E-state index in [1.807, 2.05) is 5.38 Å².